The Kier molecular flexibility index (Phi) is 3.98. The Balaban J connectivity index is 2.08. The Morgan fingerprint density at radius 2 is 2.19 bits per heavy atom. The van der Waals surface area contributed by atoms with Crippen LogP contribution in [0.1, 0.15) is 24.8 Å². The number of hydrogen-bond acceptors (Lipinski definition) is 1. The van der Waals surface area contributed by atoms with Crippen molar-refractivity contribution in [1.29, 1.82) is 0 Å². The van der Waals surface area contributed by atoms with E-state index in [0.29, 0.717) is 12.0 Å². The molecule has 2 atom stereocenters. The van der Waals surface area contributed by atoms with Crippen LogP contribution in [-0.2, 0) is 6.42 Å². The molecule has 2 rings (SSSR count). The molecule has 2 unspecified atom stereocenters. The third-order valence-corrected chi connectivity index (χ3v) is 3.91. The molecule has 0 aliphatic heterocycles. The van der Waals surface area contributed by atoms with Crippen molar-refractivity contribution in [2.75, 3.05) is 7.05 Å². The van der Waals surface area contributed by atoms with Crippen molar-refractivity contribution in [2.45, 2.75) is 31.7 Å². The molecule has 0 aromatic heterocycles. The molecule has 1 aromatic carbocycles. The standard InChI is InChI=1S/C13H17BrFN/c1-16-13-4-2-3-10(13)5-9-6-11(14)8-12(15)7-9/h6-8,10,13,16H,2-5H2,1H3. The number of halogens is 2. The summed E-state index contributed by atoms with van der Waals surface area (Å²) in [6.45, 7) is 0. The first kappa shape index (κ1) is 12.1. The predicted molar refractivity (Wildman–Crippen MR) is 68.0 cm³/mol. The van der Waals surface area contributed by atoms with Crippen LogP contribution in [0.2, 0.25) is 0 Å². The zero-order valence-electron chi connectivity index (χ0n) is 9.47. The highest BCUT2D eigenvalue weighted by Gasteiger charge is 2.25. The first-order valence-electron chi connectivity index (χ1n) is 5.81. The monoisotopic (exact) mass is 285 g/mol. The van der Waals surface area contributed by atoms with E-state index in [0.717, 1.165) is 16.5 Å². The molecule has 1 aromatic rings. The maximum absolute atomic E-state index is 13.2. The summed E-state index contributed by atoms with van der Waals surface area (Å²) in [4.78, 5) is 0. The minimum atomic E-state index is -0.150. The third-order valence-electron chi connectivity index (χ3n) is 3.45. The molecule has 0 amide bonds. The lowest BCUT2D eigenvalue weighted by molar-refractivity contribution is 0.423. The predicted octanol–water partition coefficient (Wildman–Crippen LogP) is 3.52. The summed E-state index contributed by atoms with van der Waals surface area (Å²) in [5.74, 6) is 0.502. The highest BCUT2D eigenvalue weighted by atomic mass is 79.9. The first-order chi connectivity index (χ1) is 7.69. The van der Waals surface area contributed by atoms with E-state index in [4.69, 9.17) is 0 Å². The largest absolute Gasteiger partial charge is 0.317 e. The minimum Gasteiger partial charge on any atom is -0.317 e. The third kappa shape index (κ3) is 2.83. The SMILES string of the molecule is CNC1CCCC1Cc1cc(F)cc(Br)c1. The zero-order valence-corrected chi connectivity index (χ0v) is 11.1. The van der Waals surface area contributed by atoms with Gasteiger partial charge in [0.15, 0.2) is 0 Å². The van der Waals surface area contributed by atoms with Crippen molar-refractivity contribution in [3.8, 4) is 0 Å². The summed E-state index contributed by atoms with van der Waals surface area (Å²) in [7, 11) is 2.02. The van der Waals surface area contributed by atoms with E-state index in [2.05, 4.69) is 21.2 Å². The fourth-order valence-electron chi connectivity index (χ4n) is 2.69. The van der Waals surface area contributed by atoms with Gasteiger partial charge >= 0.3 is 0 Å². The molecule has 0 heterocycles. The van der Waals surface area contributed by atoms with Crippen molar-refractivity contribution in [2.24, 2.45) is 5.92 Å². The van der Waals surface area contributed by atoms with Gasteiger partial charge < -0.3 is 5.32 Å². The van der Waals surface area contributed by atoms with Gasteiger partial charge in [-0.1, -0.05) is 22.4 Å². The fourth-order valence-corrected chi connectivity index (χ4v) is 3.21. The Hall–Kier alpha value is -0.410. The van der Waals surface area contributed by atoms with Crippen LogP contribution in [0.5, 0.6) is 0 Å². The molecular weight excluding hydrogens is 269 g/mol. The van der Waals surface area contributed by atoms with Crippen LogP contribution in [0.15, 0.2) is 22.7 Å². The molecule has 0 spiro atoms. The van der Waals surface area contributed by atoms with Crippen LogP contribution in [0, 0.1) is 11.7 Å². The normalized spacial score (nSPS) is 24.9. The Labute approximate surface area is 105 Å². The van der Waals surface area contributed by atoms with E-state index in [1.807, 2.05) is 13.1 Å². The Morgan fingerprint density at radius 1 is 1.38 bits per heavy atom. The average molecular weight is 286 g/mol. The highest BCUT2D eigenvalue weighted by Crippen LogP contribution is 2.29. The van der Waals surface area contributed by atoms with Crippen LogP contribution in [0.3, 0.4) is 0 Å². The molecule has 1 fully saturated rings. The van der Waals surface area contributed by atoms with Crippen LogP contribution >= 0.6 is 15.9 Å². The van der Waals surface area contributed by atoms with E-state index in [1.54, 1.807) is 6.07 Å². The van der Waals surface area contributed by atoms with Gasteiger partial charge in [0.2, 0.25) is 0 Å². The molecule has 1 saturated carbocycles. The van der Waals surface area contributed by atoms with E-state index in [9.17, 15) is 4.39 Å². The Morgan fingerprint density at radius 3 is 2.88 bits per heavy atom. The number of hydrogen-bond donors (Lipinski definition) is 1. The van der Waals surface area contributed by atoms with Crippen molar-refractivity contribution < 1.29 is 4.39 Å². The van der Waals surface area contributed by atoms with Gasteiger partial charge in [-0.25, -0.2) is 4.39 Å². The topological polar surface area (TPSA) is 12.0 Å². The van der Waals surface area contributed by atoms with Gasteiger partial charge in [0.1, 0.15) is 5.82 Å². The van der Waals surface area contributed by atoms with E-state index in [1.165, 1.54) is 25.3 Å². The molecule has 3 heteroatoms. The zero-order chi connectivity index (χ0) is 11.5. The van der Waals surface area contributed by atoms with Crippen molar-refractivity contribution in [3.63, 3.8) is 0 Å². The molecule has 1 aliphatic rings. The molecule has 1 nitrogen and oxygen atoms in total. The van der Waals surface area contributed by atoms with Gasteiger partial charge in [-0.15, -0.1) is 0 Å². The second-order valence-electron chi connectivity index (χ2n) is 4.57. The fraction of sp³-hybridized carbons (Fsp3) is 0.538. The van der Waals surface area contributed by atoms with Gasteiger partial charge in [-0.3, -0.25) is 0 Å². The van der Waals surface area contributed by atoms with Crippen molar-refractivity contribution in [3.05, 3.63) is 34.1 Å². The molecule has 0 radical (unpaired) electrons. The summed E-state index contributed by atoms with van der Waals surface area (Å²) in [5.41, 5.74) is 1.10. The van der Waals surface area contributed by atoms with Gasteiger partial charge in [-0.05, 0) is 56.0 Å². The number of benzene rings is 1. The lowest BCUT2D eigenvalue weighted by atomic mass is 9.95. The molecule has 1 N–H and O–H groups in total. The summed E-state index contributed by atoms with van der Waals surface area (Å²) < 4.78 is 14.1. The van der Waals surface area contributed by atoms with Crippen LogP contribution in [-0.4, -0.2) is 13.1 Å². The summed E-state index contributed by atoms with van der Waals surface area (Å²) in [5, 5.41) is 3.36. The average Bonchev–Trinajstić information content (AvgIpc) is 2.63. The Bertz CT molecular complexity index is 347. The number of nitrogens with one attached hydrogen (secondary N) is 1. The maximum atomic E-state index is 13.2. The van der Waals surface area contributed by atoms with Crippen molar-refractivity contribution in [1.82, 2.24) is 5.32 Å². The van der Waals surface area contributed by atoms with Crippen LogP contribution in [0.4, 0.5) is 4.39 Å². The smallest absolute Gasteiger partial charge is 0.124 e. The highest BCUT2D eigenvalue weighted by molar-refractivity contribution is 9.10. The second kappa shape index (κ2) is 5.28. The van der Waals surface area contributed by atoms with Gasteiger partial charge in [0.05, 0.1) is 0 Å². The van der Waals surface area contributed by atoms with Gasteiger partial charge in [-0.2, -0.15) is 0 Å². The molecule has 0 saturated heterocycles. The lowest BCUT2D eigenvalue weighted by Crippen LogP contribution is -2.30. The minimum absolute atomic E-state index is 0.150. The van der Waals surface area contributed by atoms with Crippen LogP contribution in [0.25, 0.3) is 0 Å². The molecule has 0 bridgehead atoms. The summed E-state index contributed by atoms with van der Waals surface area (Å²) >= 11 is 3.34. The maximum Gasteiger partial charge on any atom is 0.124 e. The van der Waals surface area contributed by atoms with E-state index in [-0.39, 0.29) is 5.82 Å². The summed E-state index contributed by atoms with van der Waals surface area (Å²) in [6.07, 6.45) is 4.76. The van der Waals surface area contributed by atoms with E-state index >= 15 is 0 Å². The molecule has 88 valence electrons. The van der Waals surface area contributed by atoms with Gasteiger partial charge in [0.25, 0.3) is 0 Å². The quantitative estimate of drug-likeness (QED) is 0.896. The lowest BCUT2D eigenvalue weighted by Gasteiger charge is -2.19. The molecule has 16 heavy (non-hydrogen) atoms. The van der Waals surface area contributed by atoms with Crippen molar-refractivity contribution >= 4 is 15.9 Å². The summed E-state index contributed by atoms with van der Waals surface area (Å²) in [6, 6.07) is 5.78. The number of rotatable bonds is 3. The van der Waals surface area contributed by atoms with Gasteiger partial charge in [0, 0.05) is 10.5 Å². The second-order valence-corrected chi connectivity index (χ2v) is 5.48. The molecular formula is C13H17BrFN. The van der Waals surface area contributed by atoms with E-state index < -0.39 is 0 Å². The first-order valence-corrected chi connectivity index (χ1v) is 6.60. The van der Waals surface area contributed by atoms with Crippen LogP contribution < -0.4 is 5.32 Å². The molecule has 1 aliphatic carbocycles.